The van der Waals surface area contributed by atoms with Crippen LogP contribution in [-0.4, -0.2) is 43.8 Å². The van der Waals surface area contributed by atoms with Crippen molar-refractivity contribution < 1.29 is 18.8 Å². The van der Waals surface area contributed by atoms with E-state index in [9.17, 15) is 14.4 Å². The van der Waals surface area contributed by atoms with Crippen molar-refractivity contribution in [3.05, 3.63) is 84.3 Å². The van der Waals surface area contributed by atoms with Crippen LogP contribution in [0.25, 0.3) is 11.4 Å². The highest BCUT2D eigenvalue weighted by atomic mass is 16.3. The highest BCUT2D eigenvalue weighted by Gasteiger charge is 2.36. The van der Waals surface area contributed by atoms with Gasteiger partial charge in [0.05, 0.1) is 6.26 Å². The number of tetrazole rings is 1. The number of nitrogens with zero attached hydrogens (tertiary/aromatic N) is 5. The van der Waals surface area contributed by atoms with E-state index in [2.05, 4.69) is 20.7 Å². The summed E-state index contributed by atoms with van der Waals surface area (Å²) in [7, 11) is 0. The van der Waals surface area contributed by atoms with Crippen LogP contribution in [-0.2, 0) is 16.1 Å². The van der Waals surface area contributed by atoms with Crippen LogP contribution in [0.5, 0.6) is 0 Å². The average molecular weight is 527 g/mol. The molecule has 0 spiro atoms. The number of benzene rings is 2. The predicted octanol–water partition coefficient (Wildman–Crippen LogP) is 4.36. The van der Waals surface area contributed by atoms with Gasteiger partial charge in [-0.1, -0.05) is 61.7 Å². The molecular weight excluding hydrogens is 496 g/mol. The molecular formula is C29H30N6O4. The normalized spacial score (nSPS) is 14.5. The van der Waals surface area contributed by atoms with Gasteiger partial charge in [-0.05, 0) is 49.2 Å². The predicted molar refractivity (Wildman–Crippen MR) is 144 cm³/mol. The number of Topliss-reactive ketones (excluding diaryl/α,β-unsaturated/α-hetero) is 1. The Morgan fingerprint density at radius 1 is 1.03 bits per heavy atom. The summed E-state index contributed by atoms with van der Waals surface area (Å²) in [6.07, 6.45) is 6.47. The number of rotatable bonds is 9. The maximum Gasteiger partial charge on any atom is 0.251 e. The van der Waals surface area contributed by atoms with E-state index in [0.29, 0.717) is 22.8 Å². The summed E-state index contributed by atoms with van der Waals surface area (Å²) < 4.78 is 5.68. The van der Waals surface area contributed by atoms with E-state index < -0.39 is 11.9 Å². The van der Waals surface area contributed by atoms with Crippen LogP contribution in [0.2, 0.25) is 0 Å². The first kappa shape index (κ1) is 26.0. The van der Waals surface area contributed by atoms with Crippen LogP contribution < -0.4 is 10.2 Å². The summed E-state index contributed by atoms with van der Waals surface area (Å²) in [6, 6.07) is 18.2. The van der Waals surface area contributed by atoms with Crippen molar-refractivity contribution in [3.63, 3.8) is 0 Å². The van der Waals surface area contributed by atoms with Crippen LogP contribution in [0.1, 0.15) is 61.2 Å². The largest absolute Gasteiger partial charge is 0.467 e. The fourth-order valence-corrected chi connectivity index (χ4v) is 4.87. The molecule has 10 nitrogen and oxygen atoms in total. The molecule has 1 aliphatic carbocycles. The van der Waals surface area contributed by atoms with Gasteiger partial charge in [-0.3, -0.25) is 19.3 Å². The lowest BCUT2D eigenvalue weighted by atomic mass is 9.95. The molecule has 5 rings (SSSR count). The fourth-order valence-electron chi connectivity index (χ4n) is 4.87. The Morgan fingerprint density at radius 2 is 1.82 bits per heavy atom. The van der Waals surface area contributed by atoms with Crippen molar-refractivity contribution in [1.82, 2.24) is 25.5 Å². The minimum absolute atomic E-state index is 0.0228. The van der Waals surface area contributed by atoms with E-state index in [0.717, 1.165) is 37.7 Å². The summed E-state index contributed by atoms with van der Waals surface area (Å²) in [5.74, 6) is -0.286. The first-order chi connectivity index (χ1) is 19.0. The summed E-state index contributed by atoms with van der Waals surface area (Å²) in [5.41, 5.74) is 1.57. The molecule has 0 aliphatic heterocycles. The van der Waals surface area contributed by atoms with Crippen molar-refractivity contribution in [2.75, 3.05) is 4.90 Å². The molecule has 2 heterocycles. The molecule has 2 aromatic heterocycles. The van der Waals surface area contributed by atoms with Crippen LogP contribution in [0, 0.1) is 0 Å². The van der Waals surface area contributed by atoms with E-state index >= 15 is 0 Å². The second-order valence-corrected chi connectivity index (χ2v) is 9.64. The molecule has 39 heavy (non-hydrogen) atoms. The molecule has 2 amide bonds. The third kappa shape index (κ3) is 6.11. The number of amides is 2. The third-order valence-electron chi connectivity index (χ3n) is 6.83. The Labute approximate surface area is 226 Å². The number of nitrogens with one attached hydrogen (secondary N) is 1. The Bertz CT molecular complexity index is 1430. The smallest absolute Gasteiger partial charge is 0.251 e. The van der Waals surface area contributed by atoms with Crippen LogP contribution >= 0.6 is 0 Å². The summed E-state index contributed by atoms with van der Waals surface area (Å²) in [6.45, 7) is 1.17. The van der Waals surface area contributed by atoms with Crippen molar-refractivity contribution in [2.24, 2.45) is 0 Å². The van der Waals surface area contributed by atoms with Crippen molar-refractivity contribution in [2.45, 2.75) is 57.7 Å². The molecule has 4 aromatic rings. The Kier molecular flexibility index (Phi) is 7.91. The standard InChI is InChI=1S/C29H30N6O4/c1-20(36)22-12-8-15-24(18-22)35(26(37)19-34-32-28(31-33-34)21-10-4-2-5-11-21)27(25-16-9-17-39-25)29(38)30-23-13-6-3-7-14-23/h2,4-5,8-12,15-18,23,27H,3,6-7,13-14,19H2,1H3,(H,30,38)/t27-/m1/s1. The van der Waals surface area contributed by atoms with Gasteiger partial charge < -0.3 is 9.73 Å². The molecule has 10 heteroatoms. The van der Waals surface area contributed by atoms with Gasteiger partial charge >= 0.3 is 0 Å². The van der Waals surface area contributed by atoms with Gasteiger partial charge in [-0.25, -0.2) is 0 Å². The first-order valence-electron chi connectivity index (χ1n) is 13.1. The van der Waals surface area contributed by atoms with Crippen LogP contribution in [0.4, 0.5) is 5.69 Å². The molecule has 0 saturated heterocycles. The van der Waals surface area contributed by atoms with E-state index in [1.165, 1.54) is 22.9 Å². The SMILES string of the molecule is CC(=O)c1cccc(N(C(=O)Cn2nnc(-c3ccccc3)n2)[C@@H](C(=O)NC2CCCCC2)c2ccco2)c1. The monoisotopic (exact) mass is 526 g/mol. The molecule has 1 saturated carbocycles. The number of carbonyl (C=O) groups is 3. The minimum Gasteiger partial charge on any atom is -0.467 e. The highest BCUT2D eigenvalue weighted by molar-refractivity contribution is 6.02. The maximum absolute atomic E-state index is 14.0. The van der Waals surface area contributed by atoms with Crippen molar-refractivity contribution in [1.29, 1.82) is 0 Å². The number of hydrogen-bond acceptors (Lipinski definition) is 7. The lowest BCUT2D eigenvalue weighted by Crippen LogP contribution is -2.48. The van der Waals surface area contributed by atoms with Crippen LogP contribution in [0.3, 0.4) is 0 Å². The average Bonchev–Trinajstić information content (AvgIpc) is 3.65. The Morgan fingerprint density at radius 3 is 2.54 bits per heavy atom. The zero-order valence-corrected chi connectivity index (χ0v) is 21.7. The van der Waals surface area contributed by atoms with Gasteiger partial charge in [0.25, 0.3) is 11.8 Å². The molecule has 200 valence electrons. The van der Waals surface area contributed by atoms with E-state index in [-0.39, 0.29) is 24.3 Å². The minimum atomic E-state index is -1.10. The van der Waals surface area contributed by atoms with E-state index in [1.54, 1.807) is 36.4 Å². The van der Waals surface area contributed by atoms with Crippen LogP contribution in [0.15, 0.2) is 77.4 Å². The zero-order chi connectivity index (χ0) is 27.2. The summed E-state index contributed by atoms with van der Waals surface area (Å²) >= 11 is 0. The van der Waals surface area contributed by atoms with Gasteiger partial charge in [0.15, 0.2) is 11.8 Å². The van der Waals surface area contributed by atoms with Gasteiger partial charge in [-0.2, -0.15) is 4.80 Å². The number of furan rings is 1. The van der Waals surface area contributed by atoms with E-state index in [1.807, 2.05) is 30.3 Å². The van der Waals surface area contributed by atoms with Gasteiger partial charge in [0.2, 0.25) is 5.82 Å². The Hall–Kier alpha value is -4.60. The van der Waals surface area contributed by atoms with Crippen molar-refractivity contribution >= 4 is 23.3 Å². The summed E-state index contributed by atoms with van der Waals surface area (Å²) in [5, 5.41) is 15.7. The molecule has 0 bridgehead atoms. The summed E-state index contributed by atoms with van der Waals surface area (Å²) in [4.78, 5) is 42.5. The van der Waals surface area contributed by atoms with Gasteiger partial charge in [0, 0.05) is 22.9 Å². The quantitative estimate of drug-likeness (QED) is 0.322. The number of aromatic nitrogens is 4. The lowest BCUT2D eigenvalue weighted by molar-refractivity contribution is -0.128. The topological polar surface area (TPSA) is 123 Å². The molecule has 1 atom stereocenters. The van der Waals surface area contributed by atoms with Gasteiger partial charge in [-0.15, -0.1) is 10.2 Å². The highest BCUT2D eigenvalue weighted by Crippen LogP contribution is 2.30. The number of carbonyl (C=O) groups excluding carboxylic acids is 3. The third-order valence-corrected chi connectivity index (χ3v) is 6.83. The number of hydrogen-bond donors (Lipinski definition) is 1. The molecule has 2 aromatic carbocycles. The fraction of sp³-hybridized carbons (Fsp3) is 0.310. The molecule has 1 fully saturated rings. The lowest BCUT2D eigenvalue weighted by Gasteiger charge is -2.32. The number of anilines is 1. The van der Waals surface area contributed by atoms with Gasteiger partial charge in [0.1, 0.15) is 12.3 Å². The molecule has 0 unspecified atom stereocenters. The Balaban J connectivity index is 1.50. The number of ketones is 1. The first-order valence-corrected chi connectivity index (χ1v) is 13.1. The second kappa shape index (κ2) is 11.8. The van der Waals surface area contributed by atoms with Crippen molar-refractivity contribution in [3.8, 4) is 11.4 Å². The molecule has 0 radical (unpaired) electrons. The zero-order valence-electron chi connectivity index (χ0n) is 21.7. The van der Waals surface area contributed by atoms with E-state index in [4.69, 9.17) is 4.42 Å². The maximum atomic E-state index is 14.0. The molecule has 1 N–H and O–H groups in total. The molecule has 1 aliphatic rings. The second-order valence-electron chi connectivity index (χ2n) is 9.64.